The Bertz CT molecular complexity index is 1090. The summed E-state index contributed by atoms with van der Waals surface area (Å²) in [5.74, 6) is 1.16. The standard InChI is InChI=1S/C21H24FN5O4/c1-26(2)19-17(18(30-25-19)13-8-9-14(22)15(10-13)29-4)21(28)27(3)11-16-23-20(31-24-16)12-6-5-7-12/h8-10,12H,5-7,11H2,1-4H3. The predicted molar refractivity (Wildman–Crippen MR) is 109 cm³/mol. The smallest absolute Gasteiger partial charge is 0.261 e. The van der Waals surface area contributed by atoms with E-state index in [1.807, 2.05) is 0 Å². The van der Waals surface area contributed by atoms with Crippen LogP contribution < -0.4 is 9.64 Å². The zero-order valence-corrected chi connectivity index (χ0v) is 17.9. The van der Waals surface area contributed by atoms with Crippen molar-refractivity contribution in [3.05, 3.63) is 41.3 Å². The quantitative estimate of drug-likeness (QED) is 0.563. The molecule has 4 rings (SSSR count). The molecule has 0 saturated heterocycles. The van der Waals surface area contributed by atoms with E-state index >= 15 is 0 Å². The summed E-state index contributed by atoms with van der Waals surface area (Å²) in [6, 6.07) is 4.24. The largest absolute Gasteiger partial charge is 0.494 e. The summed E-state index contributed by atoms with van der Waals surface area (Å²) in [6.45, 7) is 0.166. The molecule has 0 unspecified atom stereocenters. The molecule has 2 aromatic heterocycles. The summed E-state index contributed by atoms with van der Waals surface area (Å²) in [7, 11) is 6.53. The highest BCUT2D eigenvalue weighted by Crippen LogP contribution is 2.36. The van der Waals surface area contributed by atoms with Gasteiger partial charge in [-0.05, 0) is 31.0 Å². The molecule has 2 heterocycles. The Kier molecular flexibility index (Phi) is 5.62. The lowest BCUT2D eigenvalue weighted by Gasteiger charge is -2.20. The molecular formula is C21H24FN5O4. The molecule has 0 bridgehead atoms. The average Bonchev–Trinajstić information content (AvgIpc) is 3.34. The predicted octanol–water partition coefficient (Wildman–Crippen LogP) is 3.48. The van der Waals surface area contributed by atoms with Crippen LogP contribution in [-0.2, 0) is 6.54 Å². The third-order valence-corrected chi connectivity index (χ3v) is 5.39. The van der Waals surface area contributed by atoms with Gasteiger partial charge in [-0.1, -0.05) is 16.7 Å². The number of nitrogens with zero attached hydrogens (tertiary/aromatic N) is 5. The first-order chi connectivity index (χ1) is 14.9. The van der Waals surface area contributed by atoms with Crippen LogP contribution in [0.3, 0.4) is 0 Å². The van der Waals surface area contributed by atoms with Crippen molar-refractivity contribution in [3.8, 4) is 17.1 Å². The van der Waals surface area contributed by atoms with Crippen molar-refractivity contribution in [2.45, 2.75) is 31.7 Å². The van der Waals surface area contributed by atoms with Gasteiger partial charge in [0.25, 0.3) is 5.91 Å². The molecule has 0 radical (unpaired) electrons. The number of anilines is 1. The molecule has 0 aliphatic heterocycles. The fourth-order valence-electron chi connectivity index (χ4n) is 3.41. The van der Waals surface area contributed by atoms with Crippen LogP contribution in [0.25, 0.3) is 11.3 Å². The summed E-state index contributed by atoms with van der Waals surface area (Å²) >= 11 is 0. The van der Waals surface area contributed by atoms with Crippen LogP contribution in [0.15, 0.2) is 27.2 Å². The maximum atomic E-state index is 13.9. The van der Waals surface area contributed by atoms with Crippen molar-refractivity contribution in [3.63, 3.8) is 0 Å². The minimum Gasteiger partial charge on any atom is -0.494 e. The summed E-state index contributed by atoms with van der Waals surface area (Å²) < 4.78 is 29.8. The van der Waals surface area contributed by atoms with E-state index in [1.54, 1.807) is 26.0 Å². The fourth-order valence-corrected chi connectivity index (χ4v) is 3.41. The number of halogens is 1. The number of aromatic nitrogens is 3. The lowest BCUT2D eigenvalue weighted by atomic mass is 9.85. The number of amides is 1. The third kappa shape index (κ3) is 3.97. The van der Waals surface area contributed by atoms with E-state index < -0.39 is 5.82 Å². The Morgan fingerprint density at radius 3 is 2.65 bits per heavy atom. The summed E-state index contributed by atoms with van der Waals surface area (Å²) in [6.07, 6.45) is 3.26. The third-order valence-electron chi connectivity index (χ3n) is 5.39. The lowest BCUT2D eigenvalue weighted by Crippen LogP contribution is -2.28. The van der Waals surface area contributed by atoms with Gasteiger partial charge in [0, 0.05) is 32.6 Å². The summed E-state index contributed by atoms with van der Waals surface area (Å²) in [4.78, 5) is 20.9. The van der Waals surface area contributed by atoms with Gasteiger partial charge in [0.05, 0.1) is 13.7 Å². The molecule has 31 heavy (non-hydrogen) atoms. The molecule has 0 N–H and O–H groups in total. The topological polar surface area (TPSA) is 97.7 Å². The summed E-state index contributed by atoms with van der Waals surface area (Å²) in [5, 5.41) is 8.05. The molecule has 0 spiro atoms. The Morgan fingerprint density at radius 1 is 1.23 bits per heavy atom. The lowest BCUT2D eigenvalue weighted by molar-refractivity contribution is 0.0781. The van der Waals surface area contributed by atoms with E-state index in [1.165, 1.54) is 36.6 Å². The van der Waals surface area contributed by atoms with Gasteiger partial charge in [-0.2, -0.15) is 4.98 Å². The Labute approximate surface area is 178 Å². The average molecular weight is 429 g/mol. The van der Waals surface area contributed by atoms with E-state index in [0.29, 0.717) is 29.0 Å². The van der Waals surface area contributed by atoms with Gasteiger partial charge >= 0.3 is 0 Å². The molecule has 1 fully saturated rings. The van der Waals surface area contributed by atoms with Gasteiger partial charge in [-0.15, -0.1) is 0 Å². The van der Waals surface area contributed by atoms with Gasteiger partial charge in [-0.25, -0.2) is 4.39 Å². The van der Waals surface area contributed by atoms with Crippen molar-refractivity contribution < 1.29 is 23.0 Å². The number of hydrogen-bond acceptors (Lipinski definition) is 8. The first-order valence-corrected chi connectivity index (χ1v) is 9.98. The van der Waals surface area contributed by atoms with Crippen molar-refractivity contribution in [1.29, 1.82) is 0 Å². The number of methoxy groups -OCH3 is 1. The van der Waals surface area contributed by atoms with Crippen LogP contribution >= 0.6 is 0 Å². The monoisotopic (exact) mass is 429 g/mol. The summed E-state index contributed by atoms with van der Waals surface area (Å²) in [5.41, 5.74) is 0.728. The minimum atomic E-state index is -0.511. The SMILES string of the molecule is COc1cc(-c2onc(N(C)C)c2C(=O)N(C)Cc2noc(C3CCC3)n2)ccc1F. The van der Waals surface area contributed by atoms with Crippen LogP contribution in [0, 0.1) is 5.82 Å². The Balaban J connectivity index is 1.63. The van der Waals surface area contributed by atoms with Crippen LogP contribution in [0.2, 0.25) is 0 Å². The van der Waals surface area contributed by atoms with E-state index in [4.69, 9.17) is 13.8 Å². The van der Waals surface area contributed by atoms with Gasteiger partial charge in [0.1, 0.15) is 5.56 Å². The molecule has 164 valence electrons. The molecular weight excluding hydrogens is 405 g/mol. The van der Waals surface area contributed by atoms with E-state index in [2.05, 4.69) is 15.3 Å². The second-order valence-corrected chi connectivity index (χ2v) is 7.79. The molecule has 1 aliphatic rings. The van der Waals surface area contributed by atoms with Crippen molar-refractivity contribution in [2.24, 2.45) is 0 Å². The number of ether oxygens (including phenoxy) is 1. The van der Waals surface area contributed by atoms with Crippen LogP contribution in [0.1, 0.15) is 47.3 Å². The first-order valence-electron chi connectivity index (χ1n) is 9.98. The molecule has 0 atom stereocenters. The molecule has 1 amide bonds. The fraction of sp³-hybridized carbons (Fsp3) is 0.429. The van der Waals surface area contributed by atoms with Crippen LogP contribution in [0.5, 0.6) is 5.75 Å². The normalized spacial score (nSPS) is 13.7. The van der Waals surface area contributed by atoms with Gasteiger partial charge in [0.15, 0.2) is 29.0 Å². The molecule has 1 aromatic carbocycles. The molecule has 3 aromatic rings. The molecule has 9 nitrogen and oxygen atoms in total. The number of benzene rings is 1. The zero-order valence-electron chi connectivity index (χ0n) is 17.9. The second kappa shape index (κ2) is 8.37. The van der Waals surface area contributed by atoms with Gasteiger partial charge in [-0.3, -0.25) is 4.79 Å². The first kappa shape index (κ1) is 20.8. The zero-order chi connectivity index (χ0) is 22.1. The van der Waals surface area contributed by atoms with Gasteiger partial charge in [0.2, 0.25) is 5.89 Å². The minimum absolute atomic E-state index is 0.0439. The van der Waals surface area contributed by atoms with Crippen LogP contribution in [0.4, 0.5) is 10.2 Å². The number of carbonyl (C=O) groups excluding carboxylic acids is 1. The number of rotatable bonds is 7. The van der Waals surface area contributed by atoms with Gasteiger partial charge < -0.3 is 23.6 Å². The van der Waals surface area contributed by atoms with E-state index in [9.17, 15) is 9.18 Å². The van der Waals surface area contributed by atoms with Crippen molar-refractivity contribution in [2.75, 3.05) is 33.2 Å². The highest BCUT2D eigenvalue weighted by atomic mass is 19.1. The maximum absolute atomic E-state index is 13.9. The molecule has 1 aliphatic carbocycles. The van der Waals surface area contributed by atoms with E-state index in [0.717, 1.165) is 12.8 Å². The number of hydrogen-bond donors (Lipinski definition) is 0. The highest BCUT2D eigenvalue weighted by Gasteiger charge is 2.30. The highest BCUT2D eigenvalue weighted by molar-refractivity contribution is 6.04. The van der Waals surface area contributed by atoms with Crippen LogP contribution in [-0.4, -0.2) is 54.4 Å². The maximum Gasteiger partial charge on any atom is 0.261 e. The van der Waals surface area contributed by atoms with Crippen molar-refractivity contribution >= 4 is 11.7 Å². The van der Waals surface area contributed by atoms with Crippen molar-refractivity contribution in [1.82, 2.24) is 20.2 Å². The van der Waals surface area contributed by atoms with E-state index in [-0.39, 0.29) is 29.5 Å². The Hall–Kier alpha value is -3.43. The second-order valence-electron chi connectivity index (χ2n) is 7.79. The molecule has 10 heteroatoms. The molecule has 1 saturated carbocycles. The number of carbonyl (C=O) groups is 1. The Morgan fingerprint density at radius 2 is 2.00 bits per heavy atom.